The number of rotatable bonds is 3. The topological polar surface area (TPSA) is 58.2 Å². The lowest BCUT2D eigenvalue weighted by Crippen LogP contribution is -2.39. The molecule has 166 valence electrons. The Hall–Kier alpha value is -2.63. The number of dihydropyridines is 1. The number of nitrogens with one attached hydrogen (secondary N) is 2. The monoisotopic (exact) mass is 472 g/mol. The predicted molar refractivity (Wildman–Crippen MR) is 125 cm³/mol. The second-order valence-corrected chi connectivity index (χ2v) is 9.90. The summed E-state index contributed by atoms with van der Waals surface area (Å²) in [5, 5.41) is 6.98. The van der Waals surface area contributed by atoms with E-state index in [0.29, 0.717) is 51.0 Å². The molecule has 1 aliphatic heterocycles. The molecule has 0 spiro atoms. The fourth-order valence-electron chi connectivity index (χ4n) is 4.52. The van der Waals surface area contributed by atoms with Crippen molar-refractivity contribution in [3.8, 4) is 0 Å². The summed E-state index contributed by atoms with van der Waals surface area (Å²) in [6.07, 6.45) is 1.06. The lowest BCUT2D eigenvalue weighted by molar-refractivity contribution is -0.118. The molecule has 0 bridgehead atoms. The molecule has 0 aromatic heterocycles. The molecule has 0 saturated heterocycles. The van der Waals surface area contributed by atoms with Crippen molar-refractivity contribution in [1.29, 1.82) is 0 Å². The first kappa shape index (κ1) is 22.6. The van der Waals surface area contributed by atoms with Crippen molar-refractivity contribution in [1.82, 2.24) is 5.32 Å². The standard InChI is InChI=1S/C25H23Cl2FN2O2/c1-13-21(24(32)30-16-7-5-15(28)6-8-16)22(17-9-4-14(26)10-18(17)27)23-19(29-13)11-25(2,3)12-20(23)31/h4-10,22,29H,11-12H2,1-3H3,(H,30,32). The van der Waals surface area contributed by atoms with Gasteiger partial charge in [0.2, 0.25) is 0 Å². The third-order valence-corrected chi connectivity index (χ3v) is 6.42. The maximum Gasteiger partial charge on any atom is 0.254 e. The fourth-order valence-corrected chi connectivity index (χ4v) is 5.03. The number of halogens is 3. The highest BCUT2D eigenvalue weighted by Gasteiger charge is 2.43. The molecule has 0 radical (unpaired) electrons. The Morgan fingerprint density at radius 1 is 1.12 bits per heavy atom. The molecule has 2 N–H and O–H groups in total. The van der Waals surface area contributed by atoms with Crippen LogP contribution in [0.15, 0.2) is 65.0 Å². The van der Waals surface area contributed by atoms with E-state index in [9.17, 15) is 14.0 Å². The lowest BCUT2D eigenvalue weighted by Gasteiger charge is -2.39. The number of anilines is 1. The van der Waals surface area contributed by atoms with Crippen LogP contribution in [0.3, 0.4) is 0 Å². The van der Waals surface area contributed by atoms with Gasteiger partial charge in [-0.3, -0.25) is 9.59 Å². The van der Waals surface area contributed by atoms with E-state index in [0.717, 1.165) is 5.70 Å². The number of benzene rings is 2. The van der Waals surface area contributed by atoms with Crippen molar-refractivity contribution >= 4 is 40.6 Å². The number of allylic oxidation sites excluding steroid dienone is 3. The van der Waals surface area contributed by atoms with Gasteiger partial charge < -0.3 is 10.6 Å². The number of Topliss-reactive ketones (excluding diaryl/α,β-unsaturated/α-hetero) is 1. The van der Waals surface area contributed by atoms with Gasteiger partial charge in [-0.05, 0) is 60.7 Å². The van der Waals surface area contributed by atoms with Crippen LogP contribution in [0.2, 0.25) is 10.0 Å². The third kappa shape index (κ3) is 4.32. The van der Waals surface area contributed by atoms with Crippen LogP contribution in [-0.4, -0.2) is 11.7 Å². The minimum atomic E-state index is -0.639. The molecule has 32 heavy (non-hydrogen) atoms. The van der Waals surface area contributed by atoms with Crippen molar-refractivity contribution in [2.45, 2.75) is 39.5 Å². The molecular formula is C25H23Cl2FN2O2. The first-order valence-corrected chi connectivity index (χ1v) is 11.1. The van der Waals surface area contributed by atoms with Crippen LogP contribution < -0.4 is 10.6 Å². The van der Waals surface area contributed by atoms with Gasteiger partial charge in [-0.15, -0.1) is 0 Å². The van der Waals surface area contributed by atoms with E-state index in [4.69, 9.17) is 23.2 Å². The Labute approximate surface area is 196 Å². The molecule has 2 aromatic carbocycles. The largest absolute Gasteiger partial charge is 0.362 e. The molecular weight excluding hydrogens is 450 g/mol. The van der Waals surface area contributed by atoms with Gasteiger partial charge in [-0.2, -0.15) is 0 Å². The summed E-state index contributed by atoms with van der Waals surface area (Å²) in [4.78, 5) is 26.7. The van der Waals surface area contributed by atoms with E-state index in [-0.39, 0.29) is 17.1 Å². The van der Waals surface area contributed by atoms with Gasteiger partial charge in [0.15, 0.2) is 5.78 Å². The second-order valence-electron chi connectivity index (χ2n) is 9.06. The molecule has 2 aromatic rings. The molecule has 1 unspecified atom stereocenters. The zero-order chi connectivity index (χ0) is 23.2. The summed E-state index contributed by atoms with van der Waals surface area (Å²) in [5.41, 5.74) is 3.32. The Bertz CT molecular complexity index is 1180. The average Bonchev–Trinajstić information content (AvgIpc) is 2.67. The highest BCUT2D eigenvalue weighted by Crippen LogP contribution is 2.48. The van der Waals surface area contributed by atoms with E-state index in [1.54, 1.807) is 18.2 Å². The molecule has 0 saturated carbocycles. The zero-order valence-corrected chi connectivity index (χ0v) is 19.5. The molecule has 1 atom stereocenters. The zero-order valence-electron chi connectivity index (χ0n) is 18.0. The number of hydrogen-bond donors (Lipinski definition) is 2. The van der Waals surface area contributed by atoms with Gasteiger partial charge in [0.1, 0.15) is 5.82 Å². The Balaban J connectivity index is 1.83. The van der Waals surface area contributed by atoms with Crippen LogP contribution >= 0.6 is 23.2 Å². The molecule has 1 amide bonds. The molecule has 1 heterocycles. The van der Waals surface area contributed by atoms with Crippen LogP contribution in [0.25, 0.3) is 0 Å². The number of hydrogen-bond acceptors (Lipinski definition) is 3. The molecule has 7 heteroatoms. The molecule has 2 aliphatic rings. The molecule has 0 fully saturated rings. The number of amides is 1. The van der Waals surface area contributed by atoms with Crippen LogP contribution in [0.4, 0.5) is 10.1 Å². The molecule has 4 nitrogen and oxygen atoms in total. The van der Waals surface area contributed by atoms with Gasteiger partial charge >= 0.3 is 0 Å². The number of ketones is 1. The maximum atomic E-state index is 13.4. The average molecular weight is 473 g/mol. The van der Waals surface area contributed by atoms with Crippen LogP contribution in [0.5, 0.6) is 0 Å². The highest BCUT2D eigenvalue weighted by atomic mass is 35.5. The number of carbonyl (C=O) groups is 2. The maximum absolute atomic E-state index is 13.4. The van der Waals surface area contributed by atoms with E-state index < -0.39 is 11.7 Å². The van der Waals surface area contributed by atoms with E-state index in [1.807, 2.05) is 6.92 Å². The molecule has 1 aliphatic carbocycles. The van der Waals surface area contributed by atoms with E-state index in [1.165, 1.54) is 24.3 Å². The van der Waals surface area contributed by atoms with Gasteiger partial charge in [0.25, 0.3) is 5.91 Å². The van der Waals surface area contributed by atoms with Crippen molar-refractivity contribution in [2.75, 3.05) is 5.32 Å². The smallest absolute Gasteiger partial charge is 0.254 e. The van der Waals surface area contributed by atoms with Gasteiger partial charge in [0.05, 0.1) is 0 Å². The summed E-state index contributed by atoms with van der Waals surface area (Å²) in [6, 6.07) is 10.6. The van der Waals surface area contributed by atoms with Gasteiger partial charge in [0, 0.05) is 50.6 Å². The highest BCUT2D eigenvalue weighted by molar-refractivity contribution is 6.35. The Kier molecular flexibility index (Phi) is 5.91. The summed E-state index contributed by atoms with van der Waals surface area (Å²) >= 11 is 12.7. The van der Waals surface area contributed by atoms with Gasteiger partial charge in [-0.25, -0.2) is 4.39 Å². The summed E-state index contributed by atoms with van der Waals surface area (Å²) in [5.74, 6) is -1.44. The first-order valence-electron chi connectivity index (χ1n) is 10.3. The lowest BCUT2D eigenvalue weighted by atomic mass is 9.68. The SMILES string of the molecule is CC1=C(C(=O)Nc2ccc(F)cc2)C(c2ccc(Cl)cc2Cl)C2=C(CC(C)(C)CC2=O)N1. The van der Waals surface area contributed by atoms with Crippen LogP contribution in [0, 0.1) is 11.2 Å². The van der Waals surface area contributed by atoms with Crippen LogP contribution in [-0.2, 0) is 9.59 Å². The normalized spacial score (nSPS) is 20.1. The van der Waals surface area contributed by atoms with Crippen molar-refractivity contribution in [3.05, 3.63) is 86.4 Å². The first-order chi connectivity index (χ1) is 15.1. The van der Waals surface area contributed by atoms with Crippen LogP contribution in [0.1, 0.15) is 45.1 Å². The molecule has 4 rings (SSSR count). The second kappa shape index (κ2) is 8.38. The fraction of sp³-hybridized carbons (Fsp3) is 0.280. The van der Waals surface area contributed by atoms with Crippen molar-refractivity contribution in [3.63, 3.8) is 0 Å². The Morgan fingerprint density at radius 2 is 1.81 bits per heavy atom. The van der Waals surface area contributed by atoms with Gasteiger partial charge in [-0.1, -0.05) is 43.1 Å². The van der Waals surface area contributed by atoms with E-state index in [2.05, 4.69) is 24.5 Å². The van der Waals surface area contributed by atoms with E-state index >= 15 is 0 Å². The minimum absolute atomic E-state index is 0.0145. The third-order valence-electron chi connectivity index (χ3n) is 5.86. The quantitative estimate of drug-likeness (QED) is 0.544. The van der Waals surface area contributed by atoms with Crippen molar-refractivity contribution in [2.24, 2.45) is 5.41 Å². The summed E-state index contributed by atoms with van der Waals surface area (Å²) in [6.45, 7) is 5.92. The number of carbonyl (C=O) groups excluding carboxylic acids is 2. The summed E-state index contributed by atoms with van der Waals surface area (Å²) < 4.78 is 13.3. The van der Waals surface area contributed by atoms with Crippen molar-refractivity contribution < 1.29 is 14.0 Å². The minimum Gasteiger partial charge on any atom is -0.362 e. The Morgan fingerprint density at radius 3 is 2.47 bits per heavy atom. The predicted octanol–water partition coefficient (Wildman–Crippen LogP) is 6.38. The summed E-state index contributed by atoms with van der Waals surface area (Å²) in [7, 11) is 0.